The van der Waals surface area contributed by atoms with Crippen molar-refractivity contribution in [1.29, 1.82) is 0 Å². The number of nitrogens with one attached hydrogen (secondary N) is 1. The predicted octanol–water partition coefficient (Wildman–Crippen LogP) is 2.99. The summed E-state index contributed by atoms with van der Waals surface area (Å²) in [6.45, 7) is 5.52. The zero-order valence-corrected chi connectivity index (χ0v) is 14.2. The van der Waals surface area contributed by atoms with Crippen LogP contribution >= 0.6 is 11.8 Å². The minimum atomic E-state index is -0.725. The maximum Gasteiger partial charge on any atom is 0.408 e. The van der Waals surface area contributed by atoms with Gasteiger partial charge in [-0.3, -0.25) is 0 Å². The maximum atomic E-state index is 12.1. The summed E-state index contributed by atoms with van der Waals surface area (Å²) < 4.78 is 10.4. The summed E-state index contributed by atoms with van der Waals surface area (Å²) in [7, 11) is 0. The summed E-state index contributed by atoms with van der Waals surface area (Å²) >= 11 is 1.45. The van der Waals surface area contributed by atoms with Gasteiger partial charge in [0.2, 0.25) is 0 Å². The van der Waals surface area contributed by atoms with E-state index in [2.05, 4.69) is 5.32 Å². The second-order valence-corrected chi connectivity index (χ2v) is 6.66. The van der Waals surface area contributed by atoms with Gasteiger partial charge in [-0.25, -0.2) is 9.59 Å². The van der Waals surface area contributed by atoms with E-state index in [0.29, 0.717) is 5.75 Å². The van der Waals surface area contributed by atoms with Crippen molar-refractivity contribution in [2.45, 2.75) is 39.0 Å². The van der Waals surface area contributed by atoms with E-state index in [1.54, 1.807) is 20.8 Å². The molecule has 1 atom stereocenters. The lowest BCUT2D eigenvalue weighted by atomic mass is 10.2. The molecule has 0 aliphatic rings. The molecule has 0 saturated carbocycles. The lowest BCUT2D eigenvalue weighted by molar-refractivity contribution is -0.156. The summed E-state index contributed by atoms with van der Waals surface area (Å²) in [4.78, 5) is 23.9. The predicted molar refractivity (Wildman–Crippen MR) is 87.8 cm³/mol. The smallest absolute Gasteiger partial charge is 0.408 e. The molecule has 0 spiro atoms. The third-order valence-corrected chi connectivity index (χ3v) is 3.20. The number of esters is 1. The van der Waals surface area contributed by atoms with Gasteiger partial charge < -0.3 is 14.8 Å². The van der Waals surface area contributed by atoms with Crippen molar-refractivity contribution in [3.63, 3.8) is 0 Å². The van der Waals surface area contributed by atoms with Crippen molar-refractivity contribution >= 4 is 23.8 Å². The highest BCUT2D eigenvalue weighted by molar-refractivity contribution is 7.98. The van der Waals surface area contributed by atoms with Gasteiger partial charge in [0.15, 0.2) is 0 Å². The van der Waals surface area contributed by atoms with Gasteiger partial charge >= 0.3 is 12.1 Å². The molecule has 122 valence electrons. The van der Waals surface area contributed by atoms with Gasteiger partial charge in [-0.05, 0) is 32.6 Å². The average molecular weight is 325 g/mol. The molecule has 0 heterocycles. The normalized spacial score (nSPS) is 12.4. The Hall–Kier alpha value is -1.69. The first-order valence-corrected chi connectivity index (χ1v) is 8.40. The standard InChI is InChI=1S/C16H23NO4S/c1-16(2,3)21-14(18)13(11-22-4)17-15(19)20-10-12-8-6-5-7-9-12/h5-9,13H,10-11H2,1-4H3,(H,17,19)/t13-/m0/s1. The van der Waals surface area contributed by atoms with Crippen molar-refractivity contribution in [2.75, 3.05) is 12.0 Å². The van der Waals surface area contributed by atoms with Crippen LogP contribution in [-0.4, -0.2) is 35.7 Å². The zero-order chi connectivity index (χ0) is 16.6. The topological polar surface area (TPSA) is 64.6 Å². The van der Waals surface area contributed by atoms with Crippen molar-refractivity contribution < 1.29 is 19.1 Å². The molecule has 0 bridgehead atoms. The minimum Gasteiger partial charge on any atom is -0.458 e. The third kappa shape index (κ3) is 7.36. The van der Waals surface area contributed by atoms with Gasteiger partial charge in [0.25, 0.3) is 0 Å². The maximum absolute atomic E-state index is 12.1. The summed E-state index contributed by atoms with van der Waals surface area (Å²) in [5, 5.41) is 2.55. The zero-order valence-electron chi connectivity index (χ0n) is 13.4. The second kappa shape index (κ2) is 8.68. The molecule has 22 heavy (non-hydrogen) atoms. The van der Waals surface area contributed by atoms with Crippen LogP contribution in [0.15, 0.2) is 30.3 Å². The van der Waals surface area contributed by atoms with Crippen molar-refractivity contribution in [2.24, 2.45) is 0 Å². The Morgan fingerprint density at radius 2 is 1.86 bits per heavy atom. The van der Waals surface area contributed by atoms with Crippen LogP contribution in [0.3, 0.4) is 0 Å². The molecule has 6 heteroatoms. The van der Waals surface area contributed by atoms with Crippen LogP contribution in [0, 0.1) is 0 Å². The monoisotopic (exact) mass is 325 g/mol. The summed E-state index contributed by atoms with van der Waals surface area (Å²) in [5.41, 5.74) is 0.292. The number of carbonyl (C=O) groups excluding carboxylic acids is 2. The molecule has 0 fully saturated rings. The highest BCUT2D eigenvalue weighted by atomic mass is 32.2. The average Bonchev–Trinajstić information content (AvgIpc) is 2.44. The molecule has 0 radical (unpaired) electrons. The van der Waals surface area contributed by atoms with E-state index < -0.39 is 23.7 Å². The SMILES string of the molecule is CSC[C@H](NC(=O)OCc1ccccc1)C(=O)OC(C)(C)C. The van der Waals surface area contributed by atoms with Gasteiger partial charge in [-0.1, -0.05) is 30.3 Å². The molecular formula is C16H23NO4S. The number of benzene rings is 1. The lowest BCUT2D eigenvalue weighted by Crippen LogP contribution is -2.45. The molecule has 0 unspecified atom stereocenters. The van der Waals surface area contributed by atoms with E-state index in [9.17, 15) is 9.59 Å². The molecule has 0 aliphatic heterocycles. The fourth-order valence-corrected chi connectivity index (χ4v) is 2.17. The highest BCUT2D eigenvalue weighted by Crippen LogP contribution is 2.10. The Morgan fingerprint density at radius 1 is 1.23 bits per heavy atom. The van der Waals surface area contributed by atoms with Crippen LogP contribution in [0.1, 0.15) is 26.3 Å². The van der Waals surface area contributed by atoms with Gasteiger partial charge in [-0.15, -0.1) is 0 Å². The fourth-order valence-electron chi connectivity index (χ4n) is 1.62. The molecule has 1 aromatic rings. The van der Waals surface area contributed by atoms with Gasteiger partial charge in [0, 0.05) is 5.75 Å². The molecule has 0 aromatic heterocycles. The van der Waals surface area contributed by atoms with E-state index in [4.69, 9.17) is 9.47 Å². The van der Waals surface area contributed by atoms with Crippen molar-refractivity contribution in [3.8, 4) is 0 Å². The van der Waals surface area contributed by atoms with Crippen molar-refractivity contribution in [1.82, 2.24) is 5.32 Å². The number of carbonyl (C=O) groups is 2. The molecule has 1 N–H and O–H groups in total. The van der Waals surface area contributed by atoms with E-state index in [-0.39, 0.29) is 6.61 Å². The van der Waals surface area contributed by atoms with Gasteiger partial charge in [-0.2, -0.15) is 11.8 Å². The van der Waals surface area contributed by atoms with Gasteiger partial charge in [0.1, 0.15) is 18.2 Å². The van der Waals surface area contributed by atoms with Crippen LogP contribution in [0.25, 0.3) is 0 Å². The lowest BCUT2D eigenvalue weighted by Gasteiger charge is -2.24. The largest absolute Gasteiger partial charge is 0.458 e. The van der Waals surface area contributed by atoms with Crippen LogP contribution in [-0.2, 0) is 20.9 Å². The Balaban J connectivity index is 2.51. The second-order valence-electron chi connectivity index (χ2n) is 5.75. The molecule has 0 saturated heterocycles. The fraction of sp³-hybridized carbons (Fsp3) is 0.500. The number of ether oxygens (including phenoxy) is 2. The Bertz CT molecular complexity index is 485. The first kappa shape index (κ1) is 18.4. The van der Waals surface area contributed by atoms with Crippen molar-refractivity contribution in [3.05, 3.63) is 35.9 Å². The quantitative estimate of drug-likeness (QED) is 0.815. The first-order valence-electron chi connectivity index (χ1n) is 7.01. The number of alkyl carbamates (subject to hydrolysis) is 1. The molecule has 1 rings (SSSR count). The van der Waals surface area contributed by atoms with E-state index >= 15 is 0 Å². The Kier molecular flexibility index (Phi) is 7.24. The third-order valence-electron chi connectivity index (χ3n) is 2.53. The highest BCUT2D eigenvalue weighted by Gasteiger charge is 2.26. The Morgan fingerprint density at radius 3 is 2.41 bits per heavy atom. The summed E-state index contributed by atoms with van der Waals surface area (Å²) in [5.74, 6) is -0.0338. The Labute approximate surface area is 135 Å². The molecule has 1 amide bonds. The number of amides is 1. The number of rotatable bonds is 6. The first-order chi connectivity index (χ1) is 10.3. The van der Waals surface area contributed by atoms with Gasteiger partial charge in [0.05, 0.1) is 0 Å². The summed E-state index contributed by atoms with van der Waals surface area (Å²) in [6, 6.07) is 8.63. The van der Waals surface area contributed by atoms with E-state index in [1.165, 1.54) is 11.8 Å². The number of hydrogen-bond donors (Lipinski definition) is 1. The minimum absolute atomic E-state index is 0.160. The van der Waals surface area contributed by atoms with Crippen LogP contribution in [0.4, 0.5) is 4.79 Å². The van der Waals surface area contributed by atoms with E-state index in [1.807, 2.05) is 36.6 Å². The summed E-state index contributed by atoms with van der Waals surface area (Å²) in [6.07, 6.45) is 1.22. The molecular weight excluding hydrogens is 302 g/mol. The number of hydrogen-bond acceptors (Lipinski definition) is 5. The molecule has 5 nitrogen and oxygen atoms in total. The number of thioether (sulfide) groups is 1. The molecule has 0 aliphatic carbocycles. The molecule has 1 aromatic carbocycles. The van der Waals surface area contributed by atoms with Crippen LogP contribution in [0.5, 0.6) is 0 Å². The van der Waals surface area contributed by atoms with E-state index in [0.717, 1.165) is 5.56 Å². The van der Waals surface area contributed by atoms with Crippen LogP contribution in [0.2, 0.25) is 0 Å². The van der Waals surface area contributed by atoms with Crippen LogP contribution < -0.4 is 5.32 Å².